The van der Waals surface area contributed by atoms with Gasteiger partial charge in [-0.3, -0.25) is 0 Å². The maximum absolute atomic E-state index is 5.77. The van der Waals surface area contributed by atoms with Crippen molar-refractivity contribution in [2.24, 2.45) is 0 Å². The molecule has 0 saturated carbocycles. The third-order valence-electron chi connectivity index (χ3n) is 4.05. The van der Waals surface area contributed by atoms with Gasteiger partial charge in [0.15, 0.2) is 0 Å². The Morgan fingerprint density at radius 1 is 0.593 bits per heavy atom. The van der Waals surface area contributed by atoms with E-state index in [1.165, 1.54) is 14.7 Å². The van der Waals surface area contributed by atoms with Crippen molar-refractivity contribution in [1.29, 1.82) is 0 Å². The Hall–Kier alpha value is -2.27. The lowest BCUT2D eigenvalue weighted by atomic mass is 10.3. The summed E-state index contributed by atoms with van der Waals surface area (Å²) in [7, 11) is 1.09. The molecule has 3 rings (SSSR count). The van der Waals surface area contributed by atoms with E-state index in [2.05, 4.69) is 72.8 Å². The van der Waals surface area contributed by atoms with E-state index in [4.69, 9.17) is 14.2 Å². The van der Waals surface area contributed by atoms with E-state index in [-0.39, 0.29) is 0 Å². The van der Waals surface area contributed by atoms with E-state index < -0.39 is 10.9 Å². The standard InChI is InChI=1S/C23H26O3S/c1-24-16-17-25-18-19-26-20-12-14-23(15-13-20)27(21-8-4-2-5-9-21)22-10-6-3-7-11-22/h2-15,27H,16-19H2,1H3. The summed E-state index contributed by atoms with van der Waals surface area (Å²) in [6.45, 7) is 2.30. The first kappa shape index (κ1) is 19.5. The largest absolute Gasteiger partial charge is 0.491 e. The van der Waals surface area contributed by atoms with Crippen LogP contribution in [0.25, 0.3) is 0 Å². The molecule has 3 nitrogen and oxygen atoms in total. The normalized spacial score (nSPS) is 11.2. The summed E-state index contributed by atoms with van der Waals surface area (Å²) in [5, 5.41) is 0. The molecular formula is C23H26O3S. The molecule has 142 valence electrons. The summed E-state index contributed by atoms with van der Waals surface area (Å²) in [6, 6.07) is 29.8. The fourth-order valence-corrected chi connectivity index (χ4v) is 5.04. The predicted octanol–water partition coefficient (Wildman–Crippen LogP) is 5.21. The molecule has 0 heterocycles. The van der Waals surface area contributed by atoms with Crippen molar-refractivity contribution < 1.29 is 14.2 Å². The van der Waals surface area contributed by atoms with Crippen molar-refractivity contribution in [2.75, 3.05) is 33.5 Å². The van der Waals surface area contributed by atoms with Gasteiger partial charge in [0.1, 0.15) is 12.4 Å². The van der Waals surface area contributed by atoms with Gasteiger partial charge in [0, 0.05) is 7.11 Å². The first-order valence-corrected chi connectivity index (χ1v) is 10.4. The molecular weight excluding hydrogens is 356 g/mol. The first-order chi connectivity index (χ1) is 13.4. The number of hydrogen-bond donors (Lipinski definition) is 1. The van der Waals surface area contributed by atoms with Crippen LogP contribution in [0.1, 0.15) is 0 Å². The predicted molar refractivity (Wildman–Crippen MR) is 111 cm³/mol. The zero-order valence-electron chi connectivity index (χ0n) is 15.6. The van der Waals surface area contributed by atoms with E-state index in [9.17, 15) is 0 Å². The Bertz CT molecular complexity index is 736. The molecule has 0 aliphatic rings. The van der Waals surface area contributed by atoms with Gasteiger partial charge in [-0.15, -0.1) is 0 Å². The monoisotopic (exact) mass is 382 g/mol. The van der Waals surface area contributed by atoms with Crippen LogP contribution in [0.4, 0.5) is 0 Å². The molecule has 0 spiro atoms. The Morgan fingerprint density at radius 3 is 1.67 bits per heavy atom. The molecule has 4 heteroatoms. The van der Waals surface area contributed by atoms with Crippen LogP contribution < -0.4 is 4.74 Å². The number of rotatable bonds is 10. The topological polar surface area (TPSA) is 27.7 Å². The highest BCUT2D eigenvalue weighted by Gasteiger charge is 2.12. The summed E-state index contributed by atoms with van der Waals surface area (Å²) in [5.74, 6) is 0.866. The number of hydrogen-bond acceptors (Lipinski definition) is 3. The van der Waals surface area contributed by atoms with Crippen LogP contribution in [0.3, 0.4) is 0 Å². The molecule has 0 unspecified atom stereocenters. The Kier molecular flexibility index (Phi) is 7.78. The lowest BCUT2D eigenvalue weighted by Gasteiger charge is -2.23. The highest BCUT2D eigenvalue weighted by Crippen LogP contribution is 2.51. The van der Waals surface area contributed by atoms with Gasteiger partial charge in [-0.1, -0.05) is 36.4 Å². The van der Waals surface area contributed by atoms with Crippen molar-refractivity contribution in [3.8, 4) is 5.75 Å². The van der Waals surface area contributed by atoms with Crippen molar-refractivity contribution in [1.82, 2.24) is 0 Å². The lowest BCUT2D eigenvalue weighted by molar-refractivity contribution is 0.0544. The average molecular weight is 383 g/mol. The number of ether oxygens (including phenoxy) is 3. The van der Waals surface area contributed by atoms with Gasteiger partial charge < -0.3 is 14.2 Å². The van der Waals surface area contributed by atoms with Gasteiger partial charge in [0.05, 0.1) is 19.8 Å². The number of benzene rings is 3. The Balaban J connectivity index is 1.69. The minimum atomic E-state index is -0.575. The van der Waals surface area contributed by atoms with Gasteiger partial charge in [0.2, 0.25) is 0 Å². The fraction of sp³-hybridized carbons (Fsp3) is 0.217. The van der Waals surface area contributed by atoms with E-state index in [0.717, 1.165) is 5.75 Å². The van der Waals surface area contributed by atoms with Crippen molar-refractivity contribution in [2.45, 2.75) is 14.7 Å². The van der Waals surface area contributed by atoms with Crippen LogP contribution >= 0.6 is 10.9 Å². The SMILES string of the molecule is COCCOCCOc1ccc([SH](c2ccccc2)c2ccccc2)cc1. The molecule has 0 saturated heterocycles. The summed E-state index contributed by atoms with van der Waals surface area (Å²) in [5.41, 5.74) is 0. The van der Waals surface area contributed by atoms with Gasteiger partial charge in [-0.25, -0.2) is 0 Å². The molecule has 0 fully saturated rings. The second-order valence-corrected chi connectivity index (χ2v) is 8.17. The molecule has 27 heavy (non-hydrogen) atoms. The minimum absolute atomic E-state index is 0.537. The Morgan fingerprint density at radius 2 is 1.11 bits per heavy atom. The smallest absolute Gasteiger partial charge is 0.119 e. The number of thiol groups is 1. The van der Waals surface area contributed by atoms with Gasteiger partial charge in [0.25, 0.3) is 0 Å². The summed E-state index contributed by atoms with van der Waals surface area (Å²) < 4.78 is 16.2. The molecule has 0 amide bonds. The van der Waals surface area contributed by atoms with E-state index in [0.29, 0.717) is 26.4 Å². The molecule has 0 aliphatic heterocycles. The van der Waals surface area contributed by atoms with E-state index in [1.807, 2.05) is 12.1 Å². The van der Waals surface area contributed by atoms with Gasteiger partial charge >= 0.3 is 0 Å². The molecule has 0 aromatic heterocycles. The quantitative estimate of drug-likeness (QED) is 0.385. The molecule has 0 atom stereocenters. The van der Waals surface area contributed by atoms with Crippen molar-refractivity contribution in [3.63, 3.8) is 0 Å². The zero-order chi connectivity index (χ0) is 18.7. The number of methoxy groups -OCH3 is 1. The second kappa shape index (κ2) is 10.8. The summed E-state index contributed by atoms with van der Waals surface area (Å²) >= 11 is 0. The van der Waals surface area contributed by atoms with Gasteiger partial charge in [-0.2, -0.15) is 10.9 Å². The van der Waals surface area contributed by atoms with Crippen molar-refractivity contribution >= 4 is 10.9 Å². The van der Waals surface area contributed by atoms with Crippen LogP contribution in [0.15, 0.2) is 99.6 Å². The summed E-state index contributed by atoms with van der Waals surface area (Å²) in [6.07, 6.45) is 0. The minimum Gasteiger partial charge on any atom is -0.491 e. The highest BCUT2D eigenvalue weighted by atomic mass is 32.2. The summed E-state index contributed by atoms with van der Waals surface area (Å²) in [4.78, 5) is 4.00. The molecule has 3 aromatic rings. The Labute approximate surface area is 164 Å². The molecule has 3 aromatic carbocycles. The van der Waals surface area contributed by atoms with Crippen LogP contribution in [0.2, 0.25) is 0 Å². The molecule has 0 N–H and O–H groups in total. The second-order valence-electron chi connectivity index (χ2n) is 5.95. The average Bonchev–Trinajstić information content (AvgIpc) is 2.73. The van der Waals surface area contributed by atoms with Crippen LogP contribution in [0, 0.1) is 0 Å². The zero-order valence-corrected chi connectivity index (χ0v) is 16.5. The van der Waals surface area contributed by atoms with E-state index >= 15 is 0 Å². The third kappa shape index (κ3) is 5.86. The molecule has 0 radical (unpaired) electrons. The van der Waals surface area contributed by atoms with Crippen LogP contribution in [-0.4, -0.2) is 33.5 Å². The highest BCUT2D eigenvalue weighted by molar-refractivity contribution is 8.17. The van der Waals surface area contributed by atoms with Crippen molar-refractivity contribution in [3.05, 3.63) is 84.9 Å². The molecule has 0 aliphatic carbocycles. The van der Waals surface area contributed by atoms with Gasteiger partial charge in [-0.05, 0) is 63.2 Å². The van der Waals surface area contributed by atoms with Crippen LogP contribution in [-0.2, 0) is 9.47 Å². The maximum Gasteiger partial charge on any atom is 0.119 e. The fourth-order valence-electron chi connectivity index (χ4n) is 2.76. The lowest BCUT2D eigenvalue weighted by Crippen LogP contribution is -2.09. The van der Waals surface area contributed by atoms with E-state index in [1.54, 1.807) is 7.11 Å². The maximum atomic E-state index is 5.77. The first-order valence-electron chi connectivity index (χ1n) is 9.08. The molecule has 0 bridgehead atoms. The third-order valence-corrected chi connectivity index (χ3v) is 6.50. The van der Waals surface area contributed by atoms with Crippen LogP contribution in [0.5, 0.6) is 5.75 Å².